The van der Waals surface area contributed by atoms with Crippen molar-refractivity contribution >= 4 is 21.7 Å². The van der Waals surface area contributed by atoms with Crippen molar-refractivity contribution in [3.63, 3.8) is 0 Å². The third-order valence-corrected chi connectivity index (χ3v) is 2.57. The fourth-order valence-electron chi connectivity index (χ4n) is 1.07. The summed E-state index contributed by atoms with van der Waals surface area (Å²) >= 11 is 0. The van der Waals surface area contributed by atoms with Crippen molar-refractivity contribution in [2.45, 2.75) is 0 Å². The summed E-state index contributed by atoms with van der Waals surface area (Å²) in [5.74, 6) is 0.00749. The lowest BCUT2D eigenvalue weighted by atomic mass is 10.3. The predicted octanol–water partition coefficient (Wildman–Crippen LogP) is -0.858. The smallest absolute Gasteiger partial charge is 0.250 e. The van der Waals surface area contributed by atoms with Gasteiger partial charge in [0.15, 0.2) is 0 Å². The summed E-state index contributed by atoms with van der Waals surface area (Å²) < 4.78 is 23.8. The number of carbonyl (C=O) groups excluding carboxylic acids is 1. The lowest BCUT2D eigenvalue weighted by molar-refractivity contribution is 0.1000. The molecule has 0 saturated carbocycles. The highest BCUT2D eigenvalue weighted by Gasteiger charge is 2.01. The first kappa shape index (κ1) is 13.4. The molecule has 94 valence electrons. The molecule has 1 rings (SSSR count). The monoisotopic (exact) mass is 258 g/mol. The van der Waals surface area contributed by atoms with Gasteiger partial charge in [-0.3, -0.25) is 4.79 Å². The quantitative estimate of drug-likeness (QED) is 0.574. The highest BCUT2D eigenvalue weighted by Crippen LogP contribution is 2.03. The normalized spacial score (nSPS) is 11.1. The number of nitrogens with zero attached hydrogens (tertiary/aromatic N) is 1. The Balaban J connectivity index is 2.40. The Kier molecular flexibility index (Phi) is 4.41. The number of hydrogen-bond donors (Lipinski definition) is 3. The molecule has 17 heavy (non-hydrogen) atoms. The summed E-state index contributed by atoms with van der Waals surface area (Å²) in [6.45, 7) is 0.661. The average Bonchev–Trinajstić information content (AvgIpc) is 2.24. The maximum atomic E-state index is 10.8. The summed E-state index contributed by atoms with van der Waals surface area (Å²) in [7, 11) is -3.17. The van der Waals surface area contributed by atoms with Crippen molar-refractivity contribution in [2.75, 3.05) is 24.7 Å². The van der Waals surface area contributed by atoms with Gasteiger partial charge in [0, 0.05) is 19.3 Å². The molecule has 0 aromatic carbocycles. The van der Waals surface area contributed by atoms with E-state index in [1.807, 2.05) is 0 Å². The summed E-state index contributed by atoms with van der Waals surface area (Å²) in [6, 6.07) is 3.14. The third-order valence-electron chi connectivity index (χ3n) is 1.84. The maximum absolute atomic E-state index is 10.8. The number of anilines is 1. The van der Waals surface area contributed by atoms with E-state index in [2.05, 4.69) is 15.0 Å². The van der Waals surface area contributed by atoms with Crippen molar-refractivity contribution in [1.29, 1.82) is 0 Å². The van der Waals surface area contributed by atoms with E-state index in [0.29, 0.717) is 17.9 Å². The van der Waals surface area contributed by atoms with Gasteiger partial charge >= 0.3 is 0 Å². The van der Waals surface area contributed by atoms with E-state index in [0.717, 1.165) is 6.26 Å². The van der Waals surface area contributed by atoms with Crippen molar-refractivity contribution in [2.24, 2.45) is 5.73 Å². The SMILES string of the molecule is CS(=O)(=O)NCCNc1ccc(C(N)=O)cn1. The van der Waals surface area contributed by atoms with Gasteiger partial charge < -0.3 is 11.1 Å². The van der Waals surface area contributed by atoms with Crippen molar-refractivity contribution in [3.05, 3.63) is 23.9 Å². The number of nitrogens with two attached hydrogens (primary N) is 1. The van der Waals surface area contributed by atoms with E-state index in [9.17, 15) is 13.2 Å². The van der Waals surface area contributed by atoms with Crippen LogP contribution in [0.2, 0.25) is 0 Å². The number of sulfonamides is 1. The summed E-state index contributed by atoms with van der Waals surface area (Å²) in [4.78, 5) is 14.7. The molecule has 0 bridgehead atoms. The van der Waals surface area contributed by atoms with Crippen molar-refractivity contribution in [3.8, 4) is 0 Å². The molecule has 0 spiro atoms. The molecule has 0 fully saturated rings. The number of pyridine rings is 1. The summed E-state index contributed by atoms with van der Waals surface area (Å²) in [6.07, 6.45) is 2.45. The van der Waals surface area contributed by atoms with Crippen LogP contribution in [0.5, 0.6) is 0 Å². The first-order valence-corrected chi connectivity index (χ1v) is 6.72. The van der Waals surface area contributed by atoms with Gasteiger partial charge in [0.1, 0.15) is 5.82 Å². The van der Waals surface area contributed by atoms with E-state index >= 15 is 0 Å². The van der Waals surface area contributed by atoms with Crippen LogP contribution >= 0.6 is 0 Å². The van der Waals surface area contributed by atoms with Gasteiger partial charge in [-0.05, 0) is 12.1 Å². The number of aromatic nitrogens is 1. The molecule has 0 aliphatic carbocycles. The van der Waals surface area contributed by atoms with E-state index in [1.165, 1.54) is 6.20 Å². The van der Waals surface area contributed by atoms with E-state index in [4.69, 9.17) is 5.73 Å². The highest BCUT2D eigenvalue weighted by atomic mass is 32.2. The molecule has 7 nitrogen and oxygen atoms in total. The van der Waals surface area contributed by atoms with Crippen LogP contribution in [0.15, 0.2) is 18.3 Å². The van der Waals surface area contributed by atoms with Gasteiger partial charge in [-0.1, -0.05) is 0 Å². The van der Waals surface area contributed by atoms with E-state index < -0.39 is 15.9 Å². The van der Waals surface area contributed by atoms with Gasteiger partial charge in [0.2, 0.25) is 15.9 Å². The summed E-state index contributed by atoms with van der Waals surface area (Å²) in [5, 5.41) is 2.89. The Labute approximate surface area is 99.5 Å². The number of amides is 1. The van der Waals surface area contributed by atoms with Crippen LogP contribution in [0.4, 0.5) is 5.82 Å². The molecular formula is C9H14N4O3S. The zero-order chi connectivity index (χ0) is 12.9. The molecule has 0 atom stereocenters. The molecule has 0 saturated heterocycles. The average molecular weight is 258 g/mol. The molecule has 0 aliphatic heterocycles. The molecule has 0 aliphatic rings. The van der Waals surface area contributed by atoms with Crippen LogP contribution < -0.4 is 15.8 Å². The fraction of sp³-hybridized carbons (Fsp3) is 0.333. The molecule has 4 N–H and O–H groups in total. The van der Waals surface area contributed by atoms with Gasteiger partial charge in [-0.25, -0.2) is 18.1 Å². The molecule has 0 unspecified atom stereocenters. The summed E-state index contributed by atoms with van der Waals surface area (Å²) in [5.41, 5.74) is 5.38. The van der Waals surface area contributed by atoms with Gasteiger partial charge in [-0.2, -0.15) is 0 Å². The zero-order valence-electron chi connectivity index (χ0n) is 9.30. The number of carbonyl (C=O) groups is 1. The molecule has 8 heteroatoms. The minimum absolute atomic E-state index is 0.262. The van der Waals surface area contributed by atoms with Crippen LogP contribution in [0, 0.1) is 0 Å². The number of rotatable bonds is 6. The number of hydrogen-bond acceptors (Lipinski definition) is 5. The molecule has 0 radical (unpaired) electrons. The van der Waals surface area contributed by atoms with Crippen LogP contribution in [0.3, 0.4) is 0 Å². The minimum Gasteiger partial charge on any atom is -0.369 e. The zero-order valence-corrected chi connectivity index (χ0v) is 10.1. The standard InChI is InChI=1S/C9H14N4O3S/c1-17(15,16)13-5-4-11-8-3-2-7(6-12-8)9(10)14/h2-3,6,13H,4-5H2,1H3,(H2,10,14)(H,11,12). The van der Waals surface area contributed by atoms with Crippen LogP contribution in [0.25, 0.3) is 0 Å². The topological polar surface area (TPSA) is 114 Å². The van der Waals surface area contributed by atoms with Crippen molar-refractivity contribution < 1.29 is 13.2 Å². The second-order valence-corrected chi connectivity index (χ2v) is 5.22. The first-order valence-electron chi connectivity index (χ1n) is 4.83. The Morgan fingerprint density at radius 3 is 2.59 bits per heavy atom. The lowest BCUT2D eigenvalue weighted by Gasteiger charge is -2.06. The molecule has 1 aromatic heterocycles. The minimum atomic E-state index is -3.17. The van der Waals surface area contributed by atoms with Crippen LogP contribution in [0.1, 0.15) is 10.4 Å². The van der Waals surface area contributed by atoms with Gasteiger partial charge in [0.05, 0.1) is 11.8 Å². The van der Waals surface area contributed by atoms with E-state index in [-0.39, 0.29) is 6.54 Å². The molecule has 1 amide bonds. The van der Waals surface area contributed by atoms with Gasteiger partial charge in [-0.15, -0.1) is 0 Å². The second-order valence-electron chi connectivity index (χ2n) is 3.39. The number of nitrogens with one attached hydrogen (secondary N) is 2. The largest absolute Gasteiger partial charge is 0.369 e. The fourth-order valence-corrected chi connectivity index (χ4v) is 1.54. The Bertz CT molecular complexity index is 483. The molecule has 1 aromatic rings. The van der Waals surface area contributed by atoms with Crippen LogP contribution in [-0.4, -0.2) is 38.7 Å². The number of primary amides is 1. The van der Waals surface area contributed by atoms with E-state index in [1.54, 1.807) is 12.1 Å². The van der Waals surface area contributed by atoms with Gasteiger partial charge in [0.25, 0.3) is 0 Å². The predicted molar refractivity (Wildman–Crippen MR) is 64.1 cm³/mol. The Morgan fingerprint density at radius 1 is 1.41 bits per heavy atom. The molecular weight excluding hydrogens is 244 g/mol. The second kappa shape index (κ2) is 5.60. The lowest BCUT2D eigenvalue weighted by Crippen LogP contribution is -2.27. The highest BCUT2D eigenvalue weighted by molar-refractivity contribution is 7.88. The Hall–Kier alpha value is -1.67. The molecule has 1 heterocycles. The third kappa shape index (κ3) is 5.27. The maximum Gasteiger partial charge on any atom is 0.250 e. The Morgan fingerprint density at radius 2 is 2.12 bits per heavy atom. The van der Waals surface area contributed by atoms with Crippen LogP contribution in [-0.2, 0) is 10.0 Å². The van der Waals surface area contributed by atoms with Crippen molar-refractivity contribution in [1.82, 2.24) is 9.71 Å². The first-order chi connectivity index (χ1) is 7.88.